The van der Waals surface area contributed by atoms with Crippen LogP contribution >= 0.6 is 0 Å². The fourth-order valence-electron chi connectivity index (χ4n) is 4.47. The first-order chi connectivity index (χ1) is 15.7. The van der Waals surface area contributed by atoms with Gasteiger partial charge in [0.1, 0.15) is 5.69 Å². The molecular weight excluding hydrogens is 398 g/mol. The molecule has 0 saturated carbocycles. The second-order valence-electron chi connectivity index (χ2n) is 8.67. The first-order valence-electron chi connectivity index (χ1n) is 11.5. The average Bonchev–Trinajstić information content (AvgIpc) is 3.32. The van der Waals surface area contributed by atoms with Crippen molar-refractivity contribution in [3.8, 4) is 0 Å². The number of nitrogens with zero attached hydrogens (tertiary/aromatic N) is 1. The van der Waals surface area contributed by atoms with Crippen LogP contribution in [0.3, 0.4) is 0 Å². The van der Waals surface area contributed by atoms with Crippen LogP contribution in [0.2, 0.25) is 0 Å². The van der Waals surface area contributed by atoms with E-state index < -0.39 is 0 Å². The van der Waals surface area contributed by atoms with E-state index in [0.717, 1.165) is 25.8 Å². The van der Waals surface area contributed by atoms with Gasteiger partial charge in [-0.05, 0) is 49.4 Å². The van der Waals surface area contributed by atoms with Crippen LogP contribution in [0.4, 0.5) is 0 Å². The number of rotatable bonds is 9. The van der Waals surface area contributed by atoms with Gasteiger partial charge in [0.15, 0.2) is 0 Å². The van der Waals surface area contributed by atoms with Crippen molar-refractivity contribution in [3.63, 3.8) is 0 Å². The third kappa shape index (κ3) is 5.67. The van der Waals surface area contributed by atoms with E-state index in [4.69, 9.17) is 4.74 Å². The van der Waals surface area contributed by atoms with E-state index in [-0.39, 0.29) is 17.5 Å². The number of aryl methyl sites for hydroxylation is 2. The van der Waals surface area contributed by atoms with Crippen LogP contribution in [-0.2, 0) is 17.7 Å². The molecule has 1 aromatic heterocycles. The average molecular weight is 432 g/mol. The Kier molecular flexibility index (Phi) is 7.40. The molecular formula is C27H33N3O2. The number of hydrogen-bond acceptors (Lipinski definition) is 3. The maximum Gasteiger partial charge on any atom is 0.267 e. The highest BCUT2D eigenvalue weighted by atomic mass is 16.5. The molecule has 0 radical (unpaired) electrons. The molecule has 0 aliphatic carbocycles. The minimum absolute atomic E-state index is 0.0249. The van der Waals surface area contributed by atoms with Crippen LogP contribution in [0.25, 0.3) is 0 Å². The zero-order chi connectivity index (χ0) is 22.2. The molecule has 4 rings (SSSR count). The van der Waals surface area contributed by atoms with Crippen molar-refractivity contribution in [2.75, 3.05) is 19.8 Å². The summed E-state index contributed by atoms with van der Waals surface area (Å²) >= 11 is 0. The summed E-state index contributed by atoms with van der Waals surface area (Å²) in [6, 6.07) is 24.9. The number of amides is 1. The Morgan fingerprint density at radius 2 is 1.69 bits per heavy atom. The summed E-state index contributed by atoms with van der Waals surface area (Å²) in [6.45, 7) is 4.96. The Balaban J connectivity index is 1.39. The molecule has 1 amide bonds. The molecule has 3 aromatic rings. The van der Waals surface area contributed by atoms with E-state index >= 15 is 0 Å². The van der Waals surface area contributed by atoms with Crippen LogP contribution in [0.15, 0.2) is 79.0 Å². The highest BCUT2D eigenvalue weighted by Crippen LogP contribution is 2.25. The van der Waals surface area contributed by atoms with Crippen molar-refractivity contribution in [1.29, 1.82) is 0 Å². The van der Waals surface area contributed by atoms with Crippen LogP contribution < -0.4 is 10.6 Å². The van der Waals surface area contributed by atoms with Crippen molar-refractivity contribution in [2.45, 2.75) is 44.3 Å². The molecule has 5 heteroatoms. The smallest absolute Gasteiger partial charge is 0.267 e. The minimum atomic E-state index is -0.176. The third-order valence-corrected chi connectivity index (χ3v) is 6.41. The van der Waals surface area contributed by atoms with Crippen molar-refractivity contribution in [2.24, 2.45) is 0 Å². The van der Waals surface area contributed by atoms with E-state index in [1.54, 1.807) is 0 Å². The number of hydrogen-bond donors (Lipinski definition) is 2. The fraction of sp³-hybridized carbons (Fsp3) is 0.370. The molecule has 1 fully saturated rings. The maximum atomic E-state index is 13.1. The normalized spacial score (nSPS) is 16.4. The summed E-state index contributed by atoms with van der Waals surface area (Å²) in [7, 11) is 0. The Morgan fingerprint density at radius 1 is 1.00 bits per heavy atom. The Bertz CT molecular complexity index is 978. The Morgan fingerprint density at radius 3 is 2.41 bits per heavy atom. The number of nitrogens with one attached hydrogen (secondary N) is 2. The number of benzene rings is 2. The zero-order valence-corrected chi connectivity index (χ0v) is 18.8. The van der Waals surface area contributed by atoms with E-state index in [2.05, 4.69) is 66.1 Å². The molecule has 168 valence electrons. The molecule has 2 aromatic carbocycles. The lowest BCUT2D eigenvalue weighted by atomic mass is 9.88. The predicted octanol–water partition coefficient (Wildman–Crippen LogP) is 4.36. The molecule has 32 heavy (non-hydrogen) atoms. The lowest BCUT2D eigenvalue weighted by Crippen LogP contribution is -2.57. The monoisotopic (exact) mass is 431 g/mol. The zero-order valence-electron chi connectivity index (χ0n) is 18.8. The summed E-state index contributed by atoms with van der Waals surface area (Å²) in [5, 5.41) is 7.02. The molecule has 0 spiro atoms. The van der Waals surface area contributed by atoms with E-state index in [1.807, 2.05) is 35.0 Å². The first kappa shape index (κ1) is 22.3. The van der Waals surface area contributed by atoms with Gasteiger partial charge in [0, 0.05) is 44.1 Å². The lowest BCUT2D eigenvalue weighted by molar-refractivity contribution is 0.0331. The van der Waals surface area contributed by atoms with Crippen LogP contribution in [0.5, 0.6) is 0 Å². The SMILES string of the molecule is CC(NC1(CNC(=O)c2cccn2CCc2ccccc2)CCOCC1)c1ccccc1. The molecule has 1 aliphatic rings. The molecule has 1 aliphatic heterocycles. The summed E-state index contributed by atoms with van der Waals surface area (Å²) in [4.78, 5) is 13.1. The van der Waals surface area contributed by atoms with Crippen LogP contribution in [0, 0.1) is 0 Å². The first-order valence-corrected chi connectivity index (χ1v) is 11.5. The Labute approximate surface area is 190 Å². The second-order valence-corrected chi connectivity index (χ2v) is 8.67. The fourth-order valence-corrected chi connectivity index (χ4v) is 4.47. The quantitative estimate of drug-likeness (QED) is 0.529. The number of carbonyl (C=O) groups excluding carboxylic acids is 1. The Hall–Kier alpha value is -2.89. The molecule has 1 atom stereocenters. The van der Waals surface area contributed by atoms with Gasteiger partial charge in [0.05, 0.1) is 0 Å². The standard InChI is InChI=1S/C27H33N3O2/c1-22(24-11-6-3-7-12-24)29-27(15-19-32-20-16-27)21-28-26(31)25-13-8-17-30(25)18-14-23-9-4-2-5-10-23/h2-13,17,22,29H,14-16,18-21H2,1H3,(H,28,31). The van der Waals surface area contributed by atoms with E-state index in [9.17, 15) is 4.79 Å². The van der Waals surface area contributed by atoms with Gasteiger partial charge < -0.3 is 19.9 Å². The number of carbonyl (C=O) groups is 1. The minimum Gasteiger partial charge on any atom is -0.381 e. The maximum absolute atomic E-state index is 13.1. The lowest BCUT2D eigenvalue weighted by Gasteiger charge is -2.40. The van der Waals surface area contributed by atoms with Gasteiger partial charge in [0.2, 0.25) is 0 Å². The third-order valence-electron chi connectivity index (χ3n) is 6.41. The van der Waals surface area contributed by atoms with Gasteiger partial charge in [0.25, 0.3) is 5.91 Å². The van der Waals surface area contributed by atoms with E-state index in [1.165, 1.54) is 11.1 Å². The highest BCUT2D eigenvalue weighted by molar-refractivity contribution is 5.92. The second kappa shape index (κ2) is 10.6. The van der Waals surface area contributed by atoms with Gasteiger partial charge in [-0.15, -0.1) is 0 Å². The number of aromatic nitrogens is 1. The summed E-state index contributed by atoms with van der Waals surface area (Å²) in [5.41, 5.74) is 3.05. The number of ether oxygens (including phenoxy) is 1. The van der Waals surface area contributed by atoms with Gasteiger partial charge >= 0.3 is 0 Å². The van der Waals surface area contributed by atoms with Crippen molar-refractivity contribution in [1.82, 2.24) is 15.2 Å². The largest absolute Gasteiger partial charge is 0.381 e. The molecule has 1 unspecified atom stereocenters. The van der Waals surface area contributed by atoms with Crippen LogP contribution in [-0.4, -0.2) is 35.8 Å². The highest BCUT2D eigenvalue weighted by Gasteiger charge is 2.34. The van der Waals surface area contributed by atoms with Gasteiger partial charge in [-0.3, -0.25) is 4.79 Å². The van der Waals surface area contributed by atoms with E-state index in [0.29, 0.717) is 25.5 Å². The van der Waals surface area contributed by atoms with Gasteiger partial charge in [-0.2, -0.15) is 0 Å². The summed E-state index contributed by atoms with van der Waals surface area (Å²) < 4.78 is 7.67. The van der Waals surface area contributed by atoms with Crippen molar-refractivity contribution in [3.05, 3.63) is 95.8 Å². The van der Waals surface area contributed by atoms with Gasteiger partial charge in [-0.1, -0.05) is 60.7 Å². The molecule has 0 bridgehead atoms. The van der Waals surface area contributed by atoms with Crippen LogP contribution in [0.1, 0.15) is 47.4 Å². The van der Waals surface area contributed by atoms with Crippen molar-refractivity contribution >= 4 is 5.91 Å². The predicted molar refractivity (Wildman–Crippen MR) is 128 cm³/mol. The summed E-state index contributed by atoms with van der Waals surface area (Å²) in [5.74, 6) is -0.0249. The molecule has 2 N–H and O–H groups in total. The summed E-state index contributed by atoms with van der Waals surface area (Å²) in [6.07, 6.45) is 4.63. The molecule has 2 heterocycles. The molecule has 5 nitrogen and oxygen atoms in total. The van der Waals surface area contributed by atoms with Gasteiger partial charge in [-0.25, -0.2) is 0 Å². The molecule has 1 saturated heterocycles. The van der Waals surface area contributed by atoms with Crippen molar-refractivity contribution < 1.29 is 9.53 Å². The topological polar surface area (TPSA) is 55.3 Å².